The Morgan fingerprint density at radius 1 is 1.00 bits per heavy atom. The molecule has 2 aromatic carbocycles. The topological polar surface area (TPSA) is 78.5 Å². The lowest BCUT2D eigenvalue weighted by atomic mass is 10.0. The molecular formula is C25H22ClN3O4. The molecule has 2 aromatic heterocycles. The van der Waals surface area contributed by atoms with Gasteiger partial charge in [-0.15, -0.1) is 0 Å². The Balaban J connectivity index is 1.26. The molecule has 0 bridgehead atoms. The van der Waals surface area contributed by atoms with Gasteiger partial charge in [-0.25, -0.2) is 4.98 Å². The van der Waals surface area contributed by atoms with E-state index in [-0.39, 0.29) is 18.3 Å². The average molecular weight is 464 g/mol. The molecule has 0 saturated carbocycles. The van der Waals surface area contributed by atoms with Crippen LogP contribution in [0.5, 0.6) is 11.8 Å². The summed E-state index contributed by atoms with van der Waals surface area (Å²) in [4.78, 5) is 12.4. The highest BCUT2D eigenvalue weighted by Crippen LogP contribution is 2.33. The molecular weight excluding hydrogens is 442 g/mol. The van der Waals surface area contributed by atoms with E-state index in [1.807, 2.05) is 54.6 Å². The van der Waals surface area contributed by atoms with Gasteiger partial charge in [-0.05, 0) is 35.7 Å². The van der Waals surface area contributed by atoms with Crippen molar-refractivity contribution in [3.05, 3.63) is 59.6 Å². The highest BCUT2D eigenvalue weighted by Gasteiger charge is 2.43. The largest absolute Gasteiger partial charge is 0.497 e. The summed E-state index contributed by atoms with van der Waals surface area (Å²) in [5.74, 6) is 0.822. The van der Waals surface area contributed by atoms with Crippen molar-refractivity contribution in [1.82, 2.24) is 15.0 Å². The van der Waals surface area contributed by atoms with Crippen molar-refractivity contribution in [2.24, 2.45) is 0 Å². The summed E-state index contributed by atoms with van der Waals surface area (Å²) >= 11 is 6.58. The molecule has 0 radical (unpaired) electrons. The van der Waals surface area contributed by atoms with E-state index in [1.165, 1.54) is 0 Å². The molecule has 0 spiro atoms. The minimum Gasteiger partial charge on any atom is -0.497 e. The Morgan fingerprint density at radius 3 is 2.70 bits per heavy atom. The molecule has 4 aromatic rings. The van der Waals surface area contributed by atoms with E-state index in [9.17, 15) is 0 Å². The van der Waals surface area contributed by atoms with Crippen LogP contribution in [0.4, 0.5) is 0 Å². The van der Waals surface area contributed by atoms with Crippen molar-refractivity contribution in [1.29, 1.82) is 0 Å². The van der Waals surface area contributed by atoms with E-state index in [0.717, 1.165) is 34.4 Å². The lowest BCUT2D eigenvalue weighted by Crippen LogP contribution is -2.32. The maximum Gasteiger partial charge on any atom is 0.296 e. The Hall–Kier alpha value is -3.13. The van der Waals surface area contributed by atoms with Crippen molar-refractivity contribution in [2.45, 2.75) is 24.7 Å². The number of nitrogens with zero attached hydrogens (tertiary/aromatic N) is 2. The average Bonchev–Trinajstić information content (AvgIpc) is 3.56. The van der Waals surface area contributed by atoms with Gasteiger partial charge < -0.3 is 23.9 Å². The van der Waals surface area contributed by atoms with Crippen LogP contribution in [0.1, 0.15) is 6.42 Å². The summed E-state index contributed by atoms with van der Waals surface area (Å²) in [7, 11) is 1.66. The zero-order valence-electron chi connectivity index (χ0n) is 18.0. The summed E-state index contributed by atoms with van der Waals surface area (Å²) in [5.41, 5.74) is 5.00. The Kier molecular flexibility index (Phi) is 5.17. The number of aromatic amines is 1. The fourth-order valence-corrected chi connectivity index (χ4v) is 4.71. The number of halogens is 1. The highest BCUT2D eigenvalue weighted by molar-refractivity contribution is 6.33. The van der Waals surface area contributed by atoms with Crippen molar-refractivity contribution < 1.29 is 18.9 Å². The molecule has 0 amide bonds. The monoisotopic (exact) mass is 463 g/mol. The number of ether oxygens (including phenoxy) is 4. The van der Waals surface area contributed by atoms with Crippen LogP contribution in [0.2, 0.25) is 5.02 Å². The van der Waals surface area contributed by atoms with Crippen LogP contribution in [-0.4, -0.2) is 53.6 Å². The first-order chi connectivity index (χ1) is 16.2. The predicted molar refractivity (Wildman–Crippen MR) is 125 cm³/mol. The maximum atomic E-state index is 6.58. The third-order valence-electron chi connectivity index (χ3n) is 6.15. The molecule has 8 heteroatoms. The highest BCUT2D eigenvalue weighted by atomic mass is 35.5. The third kappa shape index (κ3) is 3.82. The SMILES string of the molecule is COc1cccc(-c2ccc(-c3nc4nc(O[C@@H]5CO[C@@H]6CCO[C@@H]65)[nH]c4cc3Cl)cc2)c1. The molecule has 3 atom stereocenters. The van der Waals surface area contributed by atoms with E-state index < -0.39 is 0 Å². The van der Waals surface area contributed by atoms with Crippen molar-refractivity contribution in [3.8, 4) is 34.1 Å². The van der Waals surface area contributed by atoms with Crippen LogP contribution in [0.15, 0.2) is 54.6 Å². The number of nitrogens with one attached hydrogen (secondary N) is 1. The smallest absolute Gasteiger partial charge is 0.296 e. The molecule has 7 nitrogen and oxygen atoms in total. The molecule has 0 aliphatic carbocycles. The first kappa shape index (κ1) is 20.5. The van der Waals surface area contributed by atoms with Crippen molar-refractivity contribution >= 4 is 22.8 Å². The molecule has 33 heavy (non-hydrogen) atoms. The summed E-state index contributed by atoms with van der Waals surface area (Å²) < 4.78 is 22.9. The van der Waals surface area contributed by atoms with Gasteiger partial charge >= 0.3 is 0 Å². The van der Waals surface area contributed by atoms with Crippen molar-refractivity contribution in [2.75, 3.05) is 20.3 Å². The molecule has 4 heterocycles. The summed E-state index contributed by atoms with van der Waals surface area (Å²) in [5, 5.41) is 0.537. The first-order valence-corrected chi connectivity index (χ1v) is 11.3. The van der Waals surface area contributed by atoms with Gasteiger partial charge in [0.15, 0.2) is 11.8 Å². The van der Waals surface area contributed by atoms with Gasteiger partial charge in [0, 0.05) is 12.2 Å². The number of hydrogen-bond acceptors (Lipinski definition) is 6. The minimum atomic E-state index is -0.183. The first-order valence-electron chi connectivity index (χ1n) is 10.9. The minimum absolute atomic E-state index is 0.0478. The van der Waals surface area contributed by atoms with Gasteiger partial charge in [-0.2, -0.15) is 4.98 Å². The summed E-state index contributed by atoms with van der Waals surface area (Å²) in [6, 6.07) is 18.3. The van der Waals surface area contributed by atoms with E-state index in [0.29, 0.717) is 35.6 Å². The summed E-state index contributed by atoms with van der Waals surface area (Å²) in [6.07, 6.45) is 0.783. The van der Waals surface area contributed by atoms with E-state index >= 15 is 0 Å². The third-order valence-corrected chi connectivity index (χ3v) is 6.44. The number of benzene rings is 2. The molecule has 2 aliphatic rings. The molecule has 2 fully saturated rings. The Bertz CT molecular complexity index is 1310. The number of imidazole rings is 1. The quantitative estimate of drug-likeness (QED) is 0.454. The number of methoxy groups -OCH3 is 1. The number of rotatable bonds is 5. The standard InChI is InChI=1S/C25H22ClN3O4/c1-30-17-4-2-3-16(11-17)14-5-7-15(8-6-14)22-18(26)12-19-24(28-22)29-25(27-19)33-21-13-32-20-9-10-31-23(20)21/h2-8,11-12,20-21,23H,9-10,13H2,1H3,(H,27,28,29)/t20-,21-,23+/m1/s1. The molecule has 6 rings (SSSR count). The van der Waals surface area contributed by atoms with Gasteiger partial charge in [0.1, 0.15) is 11.9 Å². The number of hydrogen-bond donors (Lipinski definition) is 1. The normalized spacial score (nSPS) is 21.9. The van der Waals surface area contributed by atoms with Crippen LogP contribution >= 0.6 is 11.6 Å². The Labute approximate surface area is 195 Å². The number of aromatic nitrogens is 3. The predicted octanol–water partition coefficient (Wildman–Crippen LogP) is 4.89. The van der Waals surface area contributed by atoms with Crippen LogP contribution in [0, 0.1) is 0 Å². The van der Waals surface area contributed by atoms with Gasteiger partial charge in [0.2, 0.25) is 0 Å². The fraction of sp³-hybridized carbons (Fsp3) is 0.280. The van der Waals surface area contributed by atoms with Gasteiger partial charge in [-0.1, -0.05) is 48.0 Å². The van der Waals surface area contributed by atoms with E-state index in [1.54, 1.807) is 7.11 Å². The molecule has 2 aliphatic heterocycles. The molecule has 1 N–H and O–H groups in total. The Morgan fingerprint density at radius 2 is 1.85 bits per heavy atom. The second kappa shape index (κ2) is 8.33. The van der Waals surface area contributed by atoms with Crippen LogP contribution < -0.4 is 9.47 Å². The van der Waals surface area contributed by atoms with Crippen LogP contribution in [-0.2, 0) is 9.47 Å². The molecule has 0 unspecified atom stereocenters. The van der Waals surface area contributed by atoms with Crippen molar-refractivity contribution in [3.63, 3.8) is 0 Å². The van der Waals surface area contributed by atoms with Gasteiger partial charge in [-0.3, -0.25) is 0 Å². The number of fused-ring (bicyclic) bond motifs is 2. The maximum absolute atomic E-state index is 6.58. The zero-order chi connectivity index (χ0) is 22.4. The fourth-order valence-electron chi connectivity index (χ4n) is 4.45. The van der Waals surface area contributed by atoms with E-state index in [4.69, 9.17) is 35.5 Å². The molecule has 168 valence electrons. The lowest BCUT2D eigenvalue weighted by molar-refractivity contribution is 0.0273. The van der Waals surface area contributed by atoms with Crippen LogP contribution in [0.3, 0.4) is 0 Å². The van der Waals surface area contributed by atoms with Gasteiger partial charge in [0.25, 0.3) is 6.01 Å². The van der Waals surface area contributed by atoms with Crippen LogP contribution in [0.25, 0.3) is 33.5 Å². The second-order valence-electron chi connectivity index (χ2n) is 8.19. The lowest BCUT2D eigenvalue weighted by Gasteiger charge is -2.15. The zero-order valence-corrected chi connectivity index (χ0v) is 18.7. The van der Waals surface area contributed by atoms with Gasteiger partial charge in [0.05, 0.1) is 36.1 Å². The molecule has 2 saturated heterocycles. The number of H-pyrrole nitrogens is 1. The van der Waals surface area contributed by atoms with E-state index in [2.05, 4.69) is 9.97 Å². The summed E-state index contributed by atoms with van der Waals surface area (Å²) in [6.45, 7) is 1.19. The second-order valence-corrected chi connectivity index (χ2v) is 8.60. The number of pyridine rings is 1.